The molecule has 2 aromatic rings. The number of anilines is 1. The summed E-state index contributed by atoms with van der Waals surface area (Å²) in [5.74, 6) is -0.508. The maximum atomic E-state index is 12.7. The molecular weight excluding hydrogens is 479 g/mol. The largest absolute Gasteiger partial charge is 0.490 e. The molecule has 0 aliphatic rings. The summed E-state index contributed by atoms with van der Waals surface area (Å²) in [5, 5.41) is 6.21. The van der Waals surface area contributed by atoms with E-state index in [1.807, 2.05) is 19.9 Å². The molecule has 0 saturated carbocycles. The predicted molar refractivity (Wildman–Crippen MR) is 115 cm³/mol. The quantitative estimate of drug-likeness (QED) is 0.390. The minimum absolute atomic E-state index is 0.00518. The van der Waals surface area contributed by atoms with Crippen LogP contribution in [0.3, 0.4) is 0 Å². The van der Waals surface area contributed by atoms with E-state index in [-0.39, 0.29) is 24.6 Å². The Bertz CT molecular complexity index is 962. The molecule has 0 saturated heterocycles. The van der Waals surface area contributed by atoms with Crippen LogP contribution in [0.5, 0.6) is 5.75 Å². The molecule has 166 valence electrons. The second-order valence-electron chi connectivity index (χ2n) is 6.77. The number of amides is 2. The van der Waals surface area contributed by atoms with Gasteiger partial charge >= 0.3 is 6.18 Å². The van der Waals surface area contributed by atoms with Crippen LogP contribution >= 0.6 is 15.9 Å². The second kappa shape index (κ2) is 10.9. The molecule has 0 atom stereocenters. The lowest BCUT2D eigenvalue weighted by atomic mass is 10.2. The predicted octanol–water partition coefficient (Wildman–Crippen LogP) is 5.12. The summed E-state index contributed by atoms with van der Waals surface area (Å²) in [7, 11) is 0. The summed E-state index contributed by atoms with van der Waals surface area (Å²) < 4.78 is 44.6. The smallest absolute Gasteiger partial charge is 0.416 e. The van der Waals surface area contributed by atoms with Crippen molar-refractivity contribution in [3.05, 3.63) is 58.1 Å². The molecule has 2 aromatic carbocycles. The third-order valence-electron chi connectivity index (χ3n) is 3.78. The number of halogens is 4. The van der Waals surface area contributed by atoms with Gasteiger partial charge in [-0.05, 0) is 50.2 Å². The Hall–Kier alpha value is -2.88. The highest BCUT2D eigenvalue weighted by molar-refractivity contribution is 9.10. The van der Waals surface area contributed by atoms with Crippen LogP contribution in [0.4, 0.5) is 18.9 Å². The van der Waals surface area contributed by atoms with Gasteiger partial charge in [0.25, 0.3) is 0 Å². The van der Waals surface area contributed by atoms with Gasteiger partial charge in [0.2, 0.25) is 11.8 Å². The lowest BCUT2D eigenvalue weighted by Gasteiger charge is -2.12. The van der Waals surface area contributed by atoms with Crippen molar-refractivity contribution in [3.8, 4) is 5.75 Å². The number of rotatable bonds is 8. The second-order valence-corrected chi connectivity index (χ2v) is 7.68. The normalized spacial score (nSPS) is 11.6. The Morgan fingerprint density at radius 2 is 1.84 bits per heavy atom. The van der Waals surface area contributed by atoms with Crippen molar-refractivity contribution in [2.75, 3.05) is 5.32 Å². The standard InChI is InChI=1S/C21H21BrF3N3O3/c1-13(2)31-18-7-6-16(22)10-14(18)12-26-28-20(30)9-8-19(29)27-17-5-3-4-15(11-17)21(23,24)25/h3-7,10-13H,8-9H2,1-2H3,(H,27,29)(H,28,30). The van der Waals surface area contributed by atoms with Crippen LogP contribution in [0, 0.1) is 0 Å². The molecular formula is C21H21BrF3N3O3. The zero-order valence-corrected chi connectivity index (χ0v) is 18.4. The highest BCUT2D eigenvalue weighted by Crippen LogP contribution is 2.30. The maximum absolute atomic E-state index is 12.7. The number of nitrogens with zero attached hydrogens (tertiary/aromatic N) is 1. The molecule has 2 N–H and O–H groups in total. The highest BCUT2D eigenvalue weighted by atomic mass is 79.9. The van der Waals surface area contributed by atoms with Gasteiger partial charge in [-0.3, -0.25) is 9.59 Å². The first-order chi connectivity index (χ1) is 14.5. The van der Waals surface area contributed by atoms with Crippen molar-refractivity contribution in [2.24, 2.45) is 5.10 Å². The summed E-state index contributed by atoms with van der Waals surface area (Å²) >= 11 is 3.36. The van der Waals surface area contributed by atoms with Crippen molar-refractivity contribution in [2.45, 2.75) is 39.0 Å². The summed E-state index contributed by atoms with van der Waals surface area (Å²) in [6, 6.07) is 9.63. The van der Waals surface area contributed by atoms with E-state index in [0.29, 0.717) is 11.3 Å². The van der Waals surface area contributed by atoms with Gasteiger partial charge < -0.3 is 10.1 Å². The first-order valence-corrected chi connectivity index (χ1v) is 10.1. The van der Waals surface area contributed by atoms with Gasteiger partial charge in [0.05, 0.1) is 17.9 Å². The van der Waals surface area contributed by atoms with Gasteiger partial charge in [0.1, 0.15) is 5.75 Å². The van der Waals surface area contributed by atoms with Crippen LogP contribution in [-0.2, 0) is 15.8 Å². The molecule has 0 aliphatic carbocycles. The van der Waals surface area contributed by atoms with Gasteiger partial charge in [-0.25, -0.2) is 5.43 Å². The molecule has 0 aliphatic heterocycles. The fourth-order valence-electron chi connectivity index (χ4n) is 2.44. The number of alkyl halides is 3. The Morgan fingerprint density at radius 1 is 1.13 bits per heavy atom. The molecule has 0 heterocycles. The molecule has 0 aromatic heterocycles. The summed E-state index contributed by atoms with van der Waals surface area (Å²) in [5.41, 5.74) is 2.09. The fourth-order valence-corrected chi connectivity index (χ4v) is 2.81. The SMILES string of the molecule is CC(C)Oc1ccc(Br)cc1C=NNC(=O)CCC(=O)Nc1cccc(C(F)(F)F)c1. The van der Waals surface area contributed by atoms with Crippen LogP contribution in [0.25, 0.3) is 0 Å². The highest BCUT2D eigenvalue weighted by Gasteiger charge is 2.30. The molecule has 2 amide bonds. The van der Waals surface area contributed by atoms with Crippen molar-refractivity contribution in [1.29, 1.82) is 0 Å². The number of nitrogens with one attached hydrogen (secondary N) is 2. The summed E-state index contributed by atoms with van der Waals surface area (Å²) in [6.45, 7) is 3.77. The molecule has 0 radical (unpaired) electrons. The number of carbonyl (C=O) groups excluding carboxylic acids is 2. The Labute approximate surface area is 186 Å². The lowest BCUT2D eigenvalue weighted by molar-refractivity contribution is -0.137. The van der Waals surface area contributed by atoms with Gasteiger partial charge in [0, 0.05) is 28.6 Å². The zero-order valence-electron chi connectivity index (χ0n) is 16.8. The average Bonchev–Trinajstić information content (AvgIpc) is 2.67. The summed E-state index contributed by atoms with van der Waals surface area (Å²) in [6.07, 6.45) is -3.53. The van der Waals surface area contributed by atoms with E-state index in [0.717, 1.165) is 16.6 Å². The molecule has 10 heteroatoms. The number of hydrogen-bond donors (Lipinski definition) is 2. The molecule has 0 bridgehead atoms. The van der Waals surface area contributed by atoms with Crippen LogP contribution in [0.1, 0.15) is 37.8 Å². The summed E-state index contributed by atoms with van der Waals surface area (Å²) in [4.78, 5) is 23.8. The first-order valence-electron chi connectivity index (χ1n) is 9.30. The fraction of sp³-hybridized carbons (Fsp3) is 0.286. The topological polar surface area (TPSA) is 79.8 Å². The first kappa shape index (κ1) is 24.4. The Balaban J connectivity index is 1.86. The molecule has 2 rings (SSSR count). The van der Waals surface area contributed by atoms with E-state index in [2.05, 4.69) is 31.8 Å². The van der Waals surface area contributed by atoms with E-state index in [9.17, 15) is 22.8 Å². The molecule has 0 spiro atoms. The van der Waals surface area contributed by atoms with Crippen LogP contribution in [-0.4, -0.2) is 24.1 Å². The number of hydrazone groups is 1. The molecule has 0 fully saturated rings. The van der Waals surface area contributed by atoms with Crippen LogP contribution < -0.4 is 15.5 Å². The number of benzene rings is 2. The van der Waals surface area contributed by atoms with E-state index in [4.69, 9.17) is 4.74 Å². The van der Waals surface area contributed by atoms with Crippen LogP contribution in [0.2, 0.25) is 0 Å². The van der Waals surface area contributed by atoms with Crippen molar-refractivity contribution < 1.29 is 27.5 Å². The van der Waals surface area contributed by atoms with Crippen molar-refractivity contribution in [1.82, 2.24) is 5.43 Å². The van der Waals surface area contributed by atoms with Gasteiger partial charge in [-0.15, -0.1) is 0 Å². The van der Waals surface area contributed by atoms with Gasteiger partial charge in [0.15, 0.2) is 0 Å². The molecule has 31 heavy (non-hydrogen) atoms. The Kier molecular flexibility index (Phi) is 8.61. The Morgan fingerprint density at radius 3 is 2.52 bits per heavy atom. The third-order valence-corrected chi connectivity index (χ3v) is 4.27. The monoisotopic (exact) mass is 499 g/mol. The number of ether oxygens (including phenoxy) is 1. The molecule has 6 nitrogen and oxygen atoms in total. The zero-order chi connectivity index (χ0) is 23.0. The van der Waals surface area contributed by atoms with Crippen LogP contribution in [0.15, 0.2) is 52.0 Å². The molecule has 0 unspecified atom stereocenters. The average molecular weight is 500 g/mol. The van der Waals surface area contributed by atoms with Gasteiger partial charge in [-0.1, -0.05) is 22.0 Å². The maximum Gasteiger partial charge on any atom is 0.416 e. The minimum atomic E-state index is -4.51. The van der Waals surface area contributed by atoms with E-state index in [1.54, 1.807) is 12.1 Å². The van der Waals surface area contributed by atoms with E-state index in [1.165, 1.54) is 18.3 Å². The number of hydrogen-bond acceptors (Lipinski definition) is 4. The van der Waals surface area contributed by atoms with Gasteiger partial charge in [-0.2, -0.15) is 18.3 Å². The lowest BCUT2D eigenvalue weighted by Crippen LogP contribution is -2.21. The van der Waals surface area contributed by atoms with Crippen molar-refractivity contribution >= 4 is 39.6 Å². The van der Waals surface area contributed by atoms with Crippen molar-refractivity contribution in [3.63, 3.8) is 0 Å². The minimum Gasteiger partial charge on any atom is -0.490 e. The number of carbonyl (C=O) groups is 2. The van der Waals surface area contributed by atoms with E-state index >= 15 is 0 Å². The van der Waals surface area contributed by atoms with E-state index < -0.39 is 23.6 Å². The third kappa shape index (κ3) is 8.41.